The summed E-state index contributed by atoms with van der Waals surface area (Å²) in [6, 6.07) is 1.37. The third-order valence-corrected chi connectivity index (χ3v) is 5.72. The number of nitrogens with one attached hydrogen (secondary N) is 1. The molecule has 0 aromatic carbocycles. The fourth-order valence-corrected chi connectivity index (χ4v) is 3.85. The number of rotatable bonds is 4. The molecule has 2 amide bonds. The average molecular weight is 382 g/mol. The molecule has 2 heterocycles. The van der Waals surface area contributed by atoms with Crippen LogP contribution in [0.4, 0.5) is 9.80 Å². The van der Waals surface area contributed by atoms with E-state index in [9.17, 15) is 19.5 Å². The molecule has 8 heteroatoms. The molecule has 1 aromatic rings. The number of carboxylic acid groups (broad SMARTS) is 1. The Bertz CT molecular complexity index is 692. The molecule has 1 unspecified atom stereocenters. The van der Waals surface area contributed by atoms with Crippen LogP contribution in [0, 0.1) is 5.92 Å². The first-order chi connectivity index (χ1) is 12.1. The number of nitrogens with zero attached hydrogens (tertiary/aromatic N) is 1. The number of thiophene rings is 1. The van der Waals surface area contributed by atoms with Crippen LogP contribution < -0.4 is 5.32 Å². The third kappa shape index (κ3) is 4.75. The molecule has 1 saturated heterocycles. The van der Waals surface area contributed by atoms with Crippen LogP contribution in [-0.2, 0) is 14.9 Å². The molecule has 0 radical (unpaired) electrons. The van der Waals surface area contributed by atoms with Crippen LogP contribution in [0.2, 0.25) is 0 Å². The number of hydrogen-bond donors (Lipinski definition) is 2. The number of carboxylic acids is 1. The van der Waals surface area contributed by atoms with Gasteiger partial charge in [0.1, 0.15) is 5.00 Å². The molecule has 0 saturated carbocycles. The van der Waals surface area contributed by atoms with Crippen LogP contribution in [0.3, 0.4) is 0 Å². The second kappa shape index (κ2) is 8.07. The normalized spacial score (nSPS) is 17.7. The monoisotopic (exact) mass is 382 g/mol. The molecular weight excluding hydrogens is 356 g/mol. The molecule has 2 rings (SSSR count). The van der Waals surface area contributed by atoms with E-state index in [0.717, 1.165) is 4.88 Å². The lowest BCUT2D eigenvalue weighted by molar-refractivity contribution is -0.143. The van der Waals surface area contributed by atoms with Gasteiger partial charge in [0.2, 0.25) is 0 Å². The van der Waals surface area contributed by atoms with E-state index in [1.807, 2.05) is 20.8 Å². The van der Waals surface area contributed by atoms with Gasteiger partial charge in [-0.1, -0.05) is 20.8 Å². The van der Waals surface area contributed by atoms with Crippen LogP contribution in [0.25, 0.3) is 0 Å². The maximum atomic E-state index is 12.6. The van der Waals surface area contributed by atoms with Gasteiger partial charge in [0.25, 0.3) is 0 Å². The zero-order valence-corrected chi connectivity index (χ0v) is 16.4. The number of ether oxygens (including phenoxy) is 1. The highest BCUT2D eigenvalue weighted by atomic mass is 32.1. The number of esters is 1. The highest BCUT2D eigenvalue weighted by Crippen LogP contribution is 2.36. The third-order valence-electron chi connectivity index (χ3n) is 4.24. The van der Waals surface area contributed by atoms with Gasteiger partial charge in [-0.05, 0) is 31.2 Å². The molecule has 0 bridgehead atoms. The van der Waals surface area contributed by atoms with E-state index in [1.54, 1.807) is 13.0 Å². The number of amides is 2. The van der Waals surface area contributed by atoms with Crippen molar-refractivity contribution in [2.45, 2.75) is 46.0 Å². The quantitative estimate of drug-likeness (QED) is 0.777. The van der Waals surface area contributed by atoms with Crippen molar-refractivity contribution in [1.29, 1.82) is 0 Å². The maximum Gasteiger partial charge on any atom is 0.341 e. The van der Waals surface area contributed by atoms with Crippen molar-refractivity contribution < 1.29 is 24.2 Å². The number of aliphatic carboxylic acids is 1. The van der Waals surface area contributed by atoms with Gasteiger partial charge >= 0.3 is 18.0 Å². The molecular formula is C18H26N2O5S. The summed E-state index contributed by atoms with van der Waals surface area (Å²) in [7, 11) is 0. The van der Waals surface area contributed by atoms with Crippen molar-refractivity contribution >= 4 is 34.3 Å². The molecule has 1 fully saturated rings. The molecule has 0 spiro atoms. The molecule has 144 valence electrons. The summed E-state index contributed by atoms with van der Waals surface area (Å²) in [5.74, 6) is -1.91. The molecule has 1 aliphatic heterocycles. The van der Waals surface area contributed by atoms with Gasteiger partial charge in [0.15, 0.2) is 0 Å². The van der Waals surface area contributed by atoms with E-state index in [4.69, 9.17) is 4.74 Å². The van der Waals surface area contributed by atoms with E-state index in [1.165, 1.54) is 16.2 Å². The molecule has 1 aliphatic rings. The summed E-state index contributed by atoms with van der Waals surface area (Å²) in [6.45, 7) is 8.74. The lowest BCUT2D eigenvalue weighted by atomic mass is 9.94. The number of carbonyl (C=O) groups excluding carboxylic acids is 2. The summed E-state index contributed by atoms with van der Waals surface area (Å²) >= 11 is 1.34. The SMILES string of the molecule is CCOC(=O)c1cc(C(C)(C)C)sc1NC(=O)N1CCCC(C(=O)O)C1. The topological polar surface area (TPSA) is 95.9 Å². The van der Waals surface area contributed by atoms with Crippen molar-refractivity contribution in [2.24, 2.45) is 5.92 Å². The Hall–Kier alpha value is -2.09. The minimum atomic E-state index is -0.888. The number of anilines is 1. The summed E-state index contributed by atoms with van der Waals surface area (Å²) in [4.78, 5) is 38.5. The minimum Gasteiger partial charge on any atom is -0.481 e. The molecule has 2 N–H and O–H groups in total. The average Bonchev–Trinajstić information content (AvgIpc) is 2.99. The van der Waals surface area contributed by atoms with Crippen LogP contribution in [0.5, 0.6) is 0 Å². The number of carbonyl (C=O) groups is 3. The molecule has 1 aromatic heterocycles. The number of urea groups is 1. The van der Waals surface area contributed by atoms with Crippen LogP contribution >= 0.6 is 11.3 Å². The summed E-state index contributed by atoms with van der Waals surface area (Å²) in [5, 5.41) is 12.4. The van der Waals surface area contributed by atoms with Crippen molar-refractivity contribution in [3.8, 4) is 0 Å². The number of piperidine rings is 1. The smallest absolute Gasteiger partial charge is 0.341 e. The second-order valence-corrected chi connectivity index (χ2v) is 8.43. The van der Waals surface area contributed by atoms with Gasteiger partial charge in [0, 0.05) is 18.0 Å². The van der Waals surface area contributed by atoms with Crippen LogP contribution in [0.1, 0.15) is 55.8 Å². The van der Waals surface area contributed by atoms with E-state index in [-0.39, 0.29) is 24.6 Å². The summed E-state index contributed by atoms with van der Waals surface area (Å²) in [6.07, 6.45) is 1.22. The first-order valence-corrected chi connectivity index (χ1v) is 9.55. The summed E-state index contributed by atoms with van der Waals surface area (Å²) < 4.78 is 5.10. The lowest BCUT2D eigenvalue weighted by Crippen LogP contribution is -2.44. The highest BCUT2D eigenvalue weighted by molar-refractivity contribution is 7.16. The van der Waals surface area contributed by atoms with Crippen LogP contribution in [0.15, 0.2) is 6.07 Å². The van der Waals surface area contributed by atoms with Crippen LogP contribution in [-0.4, -0.2) is 47.7 Å². The largest absolute Gasteiger partial charge is 0.481 e. The molecule has 0 aliphatic carbocycles. The Morgan fingerprint density at radius 2 is 2.08 bits per heavy atom. The first kappa shape index (κ1) is 20.2. The Morgan fingerprint density at radius 1 is 1.38 bits per heavy atom. The van der Waals surface area contributed by atoms with Gasteiger partial charge in [0.05, 0.1) is 18.1 Å². The Kier molecular flexibility index (Phi) is 6.28. The first-order valence-electron chi connectivity index (χ1n) is 8.73. The maximum absolute atomic E-state index is 12.6. The summed E-state index contributed by atoms with van der Waals surface area (Å²) in [5.41, 5.74) is 0.163. The van der Waals surface area contributed by atoms with Gasteiger partial charge in [-0.15, -0.1) is 11.3 Å². The minimum absolute atomic E-state index is 0.172. The van der Waals surface area contributed by atoms with Gasteiger partial charge in [-0.25, -0.2) is 9.59 Å². The molecule has 26 heavy (non-hydrogen) atoms. The molecule has 7 nitrogen and oxygen atoms in total. The Balaban J connectivity index is 2.21. The second-order valence-electron chi connectivity index (χ2n) is 7.38. The number of likely N-dealkylation sites (tertiary alicyclic amines) is 1. The van der Waals surface area contributed by atoms with E-state index in [2.05, 4.69) is 5.32 Å². The highest BCUT2D eigenvalue weighted by Gasteiger charge is 2.30. The predicted molar refractivity (Wildman–Crippen MR) is 99.9 cm³/mol. The fraction of sp³-hybridized carbons (Fsp3) is 0.611. The fourth-order valence-electron chi connectivity index (χ4n) is 2.75. The Morgan fingerprint density at radius 3 is 2.65 bits per heavy atom. The van der Waals surface area contributed by atoms with Crippen molar-refractivity contribution in [3.05, 3.63) is 16.5 Å². The van der Waals surface area contributed by atoms with E-state index in [0.29, 0.717) is 30.0 Å². The van der Waals surface area contributed by atoms with Crippen molar-refractivity contribution in [3.63, 3.8) is 0 Å². The predicted octanol–water partition coefficient (Wildman–Crippen LogP) is 3.55. The zero-order valence-electron chi connectivity index (χ0n) is 15.6. The Labute approximate surface area is 157 Å². The van der Waals surface area contributed by atoms with Gasteiger partial charge in [-0.2, -0.15) is 0 Å². The van der Waals surface area contributed by atoms with E-state index >= 15 is 0 Å². The van der Waals surface area contributed by atoms with Crippen molar-refractivity contribution in [1.82, 2.24) is 4.90 Å². The van der Waals surface area contributed by atoms with E-state index < -0.39 is 17.9 Å². The standard InChI is InChI=1S/C18H26N2O5S/c1-5-25-16(23)12-9-13(18(2,3)4)26-14(12)19-17(24)20-8-6-7-11(10-20)15(21)22/h9,11H,5-8,10H2,1-4H3,(H,19,24)(H,21,22). The van der Waals surface area contributed by atoms with Gasteiger partial charge in [-0.3, -0.25) is 10.1 Å². The number of hydrogen-bond acceptors (Lipinski definition) is 5. The lowest BCUT2D eigenvalue weighted by Gasteiger charge is -2.30. The zero-order chi connectivity index (χ0) is 19.5. The van der Waals surface area contributed by atoms with Crippen molar-refractivity contribution in [2.75, 3.05) is 25.0 Å². The van der Waals surface area contributed by atoms with Gasteiger partial charge < -0.3 is 14.7 Å². The molecule has 1 atom stereocenters.